The Bertz CT molecular complexity index is 534. The van der Waals surface area contributed by atoms with Crippen molar-refractivity contribution in [3.8, 4) is 0 Å². The summed E-state index contributed by atoms with van der Waals surface area (Å²) < 4.78 is 14.3. The average molecular weight is 249 g/mol. The molecular weight excluding hydrogens is 233 g/mol. The van der Waals surface area contributed by atoms with E-state index in [2.05, 4.69) is 18.3 Å². The van der Waals surface area contributed by atoms with E-state index in [1.165, 1.54) is 22.4 Å². The maximum absolute atomic E-state index is 13.1. The molecule has 0 amide bonds. The summed E-state index contributed by atoms with van der Waals surface area (Å²) >= 11 is 1.82. The van der Waals surface area contributed by atoms with Gasteiger partial charge in [-0.2, -0.15) is 0 Å². The van der Waals surface area contributed by atoms with E-state index in [1.807, 2.05) is 17.4 Å². The highest BCUT2D eigenvalue weighted by atomic mass is 32.1. The number of hydrogen-bond acceptors (Lipinski definition) is 2. The molecule has 2 atom stereocenters. The Hall–Kier alpha value is -0.930. The Kier molecular flexibility index (Phi) is 2.89. The fourth-order valence-corrected chi connectivity index (χ4v) is 3.82. The highest BCUT2D eigenvalue weighted by molar-refractivity contribution is 7.19. The molecule has 1 aromatic carbocycles. The van der Waals surface area contributed by atoms with E-state index in [9.17, 15) is 4.39 Å². The Labute approximate surface area is 105 Å². The standard InChI is InChI=1S/C14H16FNS/c1-9-6-10(4-5-16-9)14-8-11-7-12(15)2-3-13(11)17-14/h2-3,7-10,16H,4-6H2,1H3/t9-,10-/m0/s1. The second-order valence-corrected chi connectivity index (χ2v) is 6.02. The lowest BCUT2D eigenvalue weighted by atomic mass is 9.92. The van der Waals surface area contributed by atoms with Gasteiger partial charge >= 0.3 is 0 Å². The van der Waals surface area contributed by atoms with Crippen molar-refractivity contribution in [1.82, 2.24) is 5.32 Å². The molecule has 0 spiro atoms. The van der Waals surface area contributed by atoms with Crippen LogP contribution in [-0.2, 0) is 0 Å². The van der Waals surface area contributed by atoms with Crippen molar-refractivity contribution in [2.75, 3.05) is 6.54 Å². The Balaban J connectivity index is 1.94. The van der Waals surface area contributed by atoms with Crippen LogP contribution >= 0.6 is 11.3 Å². The third-order valence-corrected chi connectivity index (χ3v) is 4.80. The highest BCUT2D eigenvalue weighted by Gasteiger charge is 2.21. The largest absolute Gasteiger partial charge is 0.314 e. The Morgan fingerprint density at radius 2 is 2.24 bits per heavy atom. The monoisotopic (exact) mass is 249 g/mol. The number of thiophene rings is 1. The van der Waals surface area contributed by atoms with Crippen molar-refractivity contribution < 1.29 is 4.39 Å². The predicted octanol–water partition coefficient (Wildman–Crippen LogP) is 3.90. The van der Waals surface area contributed by atoms with Gasteiger partial charge in [-0.25, -0.2) is 4.39 Å². The summed E-state index contributed by atoms with van der Waals surface area (Å²) in [5, 5.41) is 4.52. The van der Waals surface area contributed by atoms with E-state index >= 15 is 0 Å². The molecule has 0 bridgehead atoms. The molecule has 2 aromatic rings. The first-order valence-electron chi connectivity index (χ1n) is 6.15. The average Bonchev–Trinajstić information content (AvgIpc) is 2.72. The van der Waals surface area contributed by atoms with Crippen molar-refractivity contribution in [3.63, 3.8) is 0 Å². The summed E-state index contributed by atoms with van der Waals surface area (Å²) in [7, 11) is 0. The van der Waals surface area contributed by atoms with Crippen LogP contribution in [0.1, 0.15) is 30.6 Å². The third-order valence-electron chi connectivity index (χ3n) is 3.52. The first kappa shape index (κ1) is 11.2. The summed E-state index contributed by atoms with van der Waals surface area (Å²) in [5.41, 5.74) is 0. The van der Waals surface area contributed by atoms with Gasteiger partial charge in [-0.15, -0.1) is 11.3 Å². The molecule has 1 N–H and O–H groups in total. The normalized spacial score (nSPS) is 25.3. The first-order valence-corrected chi connectivity index (χ1v) is 6.96. The van der Waals surface area contributed by atoms with Gasteiger partial charge in [-0.1, -0.05) is 0 Å². The molecule has 1 fully saturated rings. The van der Waals surface area contributed by atoms with E-state index in [0.29, 0.717) is 12.0 Å². The van der Waals surface area contributed by atoms with Crippen molar-refractivity contribution >= 4 is 21.4 Å². The summed E-state index contributed by atoms with van der Waals surface area (Å²) in [6, 6.07) is 7.85. The molecule has 90 valence electrons. The lowest BCUT2D eigenvalue weighted by Gasteiger charge is -2.27. The van der Waals surface area contributed by atoms with E-state index < -0.39 is 0 Å². The minimum atomic E-state index is -0.138. The number of benzene rings is 1. The Morgan fingerprint density at radius 3 is 3.06 bits per heavy atom. The SMILES string of the molecule is C[C@H]1C[C@@H](c2cc3cc(F)ccc3s2)CCN1. The van der Waals surface area contributed by atoms with Crippen LogP contribution in [0.4, 0.5) is 4.39 Å². The van der Waals surface area contributed by atoms with E-state index in [4.69, 9.17) is 0 Å². The molecule has 3 rings (SSSR count). The fraction of sp³-hybridized carbons (Fsp3) is 0.429. The fourth-order valence-electron chi connectivity index (χ4n) is 2.63. The topological polar surface area (TPSA) is 12.0 Å². The van der Waals surface area contributed by atoms with Gasteiger partial charge in [0.25, 0.3) is 0 Å². The molecule has 1 aliphatic rings. The van der Waals surface area contributed by atoms with Crippen LogP contribution in [0.15, 0.2) is 24.3 Å². The summed E-state index contributed by atoms with van der Waals surface area (Å²) in [6.07, 6.45) is 2.38. The van der Waals surface area contributed by atoms with Gasteiger partial charge in [0.1, 0.15) is 5.82 Å². The molecule has 1 aliphatic heterocycles. The number of nitrogens with one attached hydrogen (secondary N) is 1. The number of piperidine rings is 1. The van der Waals surface area contributed by atoms with Gasteiger partial charge in [-0.3, -0.25) is 0 Å². The van der Waals surface area contributed by atoms with Gasteiger partial charge in [0.2, 0.25) is 0 Å². The molecule has 0 saturated carbocycles. The maximum atomic E-state index is 13.1. The van der Waals surface area contributed by atoms with Crippen LogP contribution in [0.25, 0.3) is 10.1 Å². The van der Waals surface area contributed by atoms with Crippen LogP contribution in [-0.4, -0.2) is 12.6 Å². The highest BCUT2D eigenvalue weighted by Crippen LogP contribution is 2.36. The van der Waals surface area contributed by atoms with E-state index in [-0.39, 0.29) is 5.82 Å². The molecule has 1 nitrogen and oxygen atoms in total. The van der Waals surface area contributed by atoms with E-state index in [1.54, 1.807) is 12.1 Å². The van der Waals surface area contributed by atoms with Crippen LogP contribution in [0.3, 0.4) is 0 Å². The van der Waals surface area contributed by atoms with Gasteiger partial charge in [0, 0.05) is 15.6 Å². The zero-order valence-corrected chi connectivity index (χ0v) is 10.7. The van der Waals surface area contributed by atoms with Crippen molar-refractivity contribution in [3.05, 3.63) is 35.0 Å². The number of hydrogen-bond donors (Lipinski definition) is 1. The third kappa shape index (κ3) is 2.22. The molecule has 1 aromatic heterocycles. The van der Waals surface area contributed by atoms with Crippen LogP contribution < -0.4 is 5.32 Å². The van der Waals surface area contributed by atoms with E-state index in [0.717, 1.165) is 11.9 Å². The zero-order valence-electron chi connectivity index (χ0n) is 9.87. The summed E-state index contributed by atoms with van der Waals surface area (Å²) in [4.78, 5) is 1.42. The summed E-state index contributed by atoms with van der Waals surface area (Å²) in [5.74, 6) is 0.507. The molecule has 3 heteroatoms. The zero-order chi connectivity index (χ0) is 11.8. The number of rotatable bonds is 1. The van der Waals surface area contributed by atoms with Crippen molar-refractivity contribution in [1.29, 1.82) is 0 Å². The van der Waals surface area contributed by atoms with Crippen LogP contribution in [0, 0.1) is 5.82 Å². The van der Waals surface area contributed by atoms with Gasteiger partial charge in [0.15, 0.2) is 0 Å². The number of halogens is 1. The molecule has 0 radical (unpaired) electrons. The van der Waals surface area contributed by atoms with Crippen LogP contribution in [0.2, 0.25) is 0 Å². The van der Waals surface area contributed by atoms with Gasteiger partial charge < -0.3 is 5.32 Å². The van der Waals surface area contributed by atoms with Crippen molar-refractivity contribution in [2.45, 2.75) is 31.7 Å². The minimum absolute atomic E-state index is 0.138. The molecule has 1 saturated heterocycles. The summed E-state index contributed by atoms with van der Waals surface area (Å²) in [6.45, 7) is 3.33. The predicted molar refractivity (Wildman–Crippen MR) is 71.2 cm³/mol. The lowest BCUT2D eigenvalue weighted by molar-refractivity contribution is 0.384. The number of fused-ring (bicyclic) bond motifs is 1. The molecular formula is C14H16FNS. The lowest BCUT2D eigenvalue weighted by Crippen LogP contribution is -2.34. The maximum Gasteiger partial charge on any atom is 0.123 e. The molecule has 17 heavy (non-hydrogen) atoms. The quantitative estimate of drug-likeness (QED) is 0.808. The molecule has 0 unspecified atom stereocenters. The van der Waals surface area contributed by atoms with Crippen molar-refractivity contribution in [2.24, 2.45) is 0 Å². The second-order valence-electron chi connectivity index (χ2n) is 4.91. The minimum Gasteiger partial charge on any atom is -0.314 e. The first-order chi connectivity index (χ1) is 8.22. The molecule has 0 aliphatic carbocycles. The Morgan fingerprint density at radius 1 is 1.35 bits per heavy atom. The smallest absolute Gasteiger partial charge is 0.123 e. The van der Waals surface area contributed by atoms with Gasteiger partial charge in [0.05, 0.1) is 0 Å². The van der Waals surface area contributed by atoms with Crippen LogP contribution in [0.5, 0.6) is 0 Å². The second kappa shape index (κ2) is 4.39. The van der Waals surface area contributed by atoms with Gasteiger partial charge in [-0.05, 0) is 61.9 Å². The molecule has 2 heterocycles.